The average molecular weight is 212 g/mol. The molecule has 0 aromatic carbocycles. The van der Waals surface area contributed by atoms with Gasteiger partial charge in [0.1, 0.15) is 6.04 Å². The van der Waals surface area contributed by atoms with Crippen molar-refractivity contribution in [1.82, 2.24) is 10.6 Å². The average Bonchev–Trinajstić information content (AvgIpc) is 2.17. The minimum Gasteiger partial charge on any atom is -0.480 e. The summed E-state index contributed by atoms with van der Waals surface area (Å²) in [4.78, 5) is 21.8. The van der Waals surface area contributed by atoms with Crippen molar-refractivity contribution in [3.63, 3.8) is 0 Å². The van der Waals surface area contributed by atoms with Crippen molar-refractivity contribution in [2.75, 3.05) is 6.54 Å². The van der Waals surface area contributed by atoms with Crippen LogP contribution in [0.2, 0.25) is 0 Å². The summed E-state index contributed by atoms with van der Waals surface area (Å²) >= 11 is 0. The van der Waals surface area contributed by atoms with Crippen LogP contribution in [0.4, 0.5) is 4.79 Å². The van der Waals surface area contributed by atoms with Gasteiger partial charge in [0.15, 0.2) is 0 Å². The Kier molecular flexibility index (Phi) is 6.81. The van der Waals surface area contributed by atoms with Gasteiger partial charge in [-0.3, -0.25) is 0 Å². The van der Waals surface area contributed by atoms with Gasteiger partial charge in [-0.05, 0) is 6.42 Å². The number of urea groups is 1. The van der Waals surface area contributed by atoms with Crippen molar-refractivity contribution in [2.45, 2.75) is 32.2 Å². The van der Waals surface area contributed by atoms with E-state index in [0.717, 1.165) is 0 Å². The van der Waals surface area contributed by atoms with E-state index in [0.29, 0.717) is 25.8 Å². The van der Waals surface area contributed by atoms with Crippen LogP contribution < -0.4 is 10.6 Å². The standard InChI is InChI=1S/C10H16N2O3/c1-3-5-7-11-10(15)12-8(6-4-2)9(13)14/h1,8H,4-7H2,2H3,(H,13,14)(H2,11,12,15)/t8-/m0/s1. The highest BCUT2D eigenvalue weighted by Crippen LogP contribution is 1.96. The lowest BCUT2D eigenvalue weighted by molar-refractivity contribution is -0.139. The fourth-order valence-corrected chi connectivity index (χ4v) is 1.00. The van der Waals surface area contributed by atoms with E-state index in [-0.39, 0.29) is 0 Å². The molecule has 3 N–H and O–H groups in total. The summed E-state index contributed by atoms with van der Waals surface area (Å²) in [7, 11) is 0. The molecule has 0 aliphatic carbocycles. The van der Waals surface area contributed by atoms with Gasteiger partial charge in [0, 0.05) is 13.0 Å². The molecule has 0 rings (SSSR count). The molecule has 0 fully saturated rings. The van der Waals surface area contributed by atoms with Crippen LogP contribution in [0.5, 0.6) is 0 Å². The third-order valence-electron chi connectivity index (χ3n) is 1.74. The van der Waals surface area contributed by atoms with Crippen molar-refractivity contribution in [2.24, 2.45) is 0 Å². The van der Waals surface area contributed by atoms with Crippen LogP contribution in [-0.4, -0.2) is 29.7 Å². The van der Waals surface area contributed by atoms with Crippen molar-refractivity contribution in [1.29, 1.82) is 0 Å². The Morgan fingerprint density at radius 3 is 2.67 bits per heavy atom. The molecule has 5 heteroatoms. The van der Waals surface area contributed by atoms with E-state index in [4.69, 9.17) is 11.5 Å². The van der Waals surface area contributed by atoms with Crippen LogP contribution in [0.25, 0.3) is 0 Å². The van der Waals surface area contributed by atoms with E-state index in [9.17, 15) is 9.59 Å². The summed E-state index contributed by atoms with van der Waals surface area (Å²) in [6.07, 6.45) is 6.54. The zero-order valence-electron chi connectivity index (χ0n) is 8.75. The van der Waals surface area contributed by atoms with Crippen LogP contribution in [0.15, 0.2) is 0 Å². The van der Waals surface area contributed by atoms with Gasteiger partial charge in [-0.1, -0.05) is 13.3 Å². The third-order valence-corrected chi connectivity index (χ3v) is 1.74. The Labute approximate surface area is 89.2 Å². The predicted molar refractivity (Wildman–Crippen MR) is 56.3 cm³/mol. The second kappa shape index (κ2) is 7.68. The molecule has 2 amide bonds. The second-order valence-electron chi connectivity index (χ2n) is 3.03. The number of nitrogens with one attached hydrogen (secondary N) is 2. The minimum atomic E-state index is -1.02. The molecule has 1 atom stereocenters. The summed E-state index contributed by atoms with van der Waals surface area (Å²) < 4.78 is 0. The molecule has 0 saturated heterocycles. The van der Waals surface area contributed by atoms with E-state index >= 15 is 0 Å². The van der Waals surface area contributed by atoms with Crippen molar-refractivity contribution < 1.29 is 14.7 Å². The van der Waals surface area contributed by atoms with Gasteiger partial charge in [-0.15, -0.1) is 12.3 Å². The highest BCUT2D eigenvalue weighted by atomic mass is 16.4. The highest BCUT2D eigenvalue weighted by molar-refractivity contribution is 5.82. The topological polar surface area (TPSA) is 78.4 Å². The molecule has 0 aliphatic heterocycles. The van der Waals surface area contributed by atoms with Gasteiger partial charge in [-0.2, -0.15) is 0 Å². The number of aliphatic carboxylic acids is 1. The van der Waals surface area contributed by atoms with Gasteiger partial charge in [0.05, 0.1) is 0 Å². The van der Waals surface area contributed by atoms with Crippen LogP contribution in [0, 0.1) is 12.3 Å². The maximum atomic E-state index is 11.2. The second-order valence-corrected chi connectivity index (χ2v) is 3.03. The number of hydrogen-bond acceptors (Lipinski definition) is 2. The van der Waals surface area contributed by atoms with Crippen LogP contribution in [-0.2, 0) is 4.79 Å². The molecule has 0 heterocycles. The third kappa shape index (κ3) is 6.38. The number of carboxylic acids is 1. The molecule has 0 saturated carbocycles. The first-order chi connectivity index (χ1) is 7.11. The predicted octanol–water partition coefficient (Wildman–Crippen LogP) is 0.562. The molecule has 0 aliphatic rings. The van der Waals surface area contributed by atoms with E-state index < -0.39 is 18.0 Å². The Balaban J connectivity index is 3.90. The summed E-state index contributed by atoms with van der Waals surface area (Å²) in [6, 6.07) is -1.33. The van der Waals surface area contributed by atoms with E-state index in [1.807, 2.05) is 6.92 Å². The summed E-state index contributed by atoms with van der Waals surface area (Å²) in [6.45, 7) is 2.20. The Morgan fingerprint density at radius 1 is 1.53 bits per heavy atom. The monoisotopic (exact) mass is 212 g/mol. The quantitative estimate of drug-likeness (QED) is 0.444. The number of amides is 2. The van der Waals surface area contributed by atoms with Crippen molar-refractivity contribution in [3.05, 3.63) is 0 Å². The normalized spacial score (nSPS) is 11.2. The van der Waals surface area contributed by atoms with E-state index in [2.05, 4.69) is 16.6 Å². The molecule has 0 unspecified atom stereocenters. The van der Waals surface area contributed by atoms with Gasteiger partial charge in [-0.25, -0.2) is 9.59 Å². The first kappa shape index (κ1) is 13.3. The Morgan fingerprint density at radius 2 is 2.20 bits per heavy atom. The molecule has 0 aromatic rings. The van der Waals surface area contributed by atoms with Crippen molar-refractivity contribution >= 4 is 12.0 Å². The van der Waals surface area contributed by atoms with E-state index in [1.54, 1.807) is 0 Å². The SMILES string of the molecule is C#CCCNC(=O)N[C@@H](CCC)C(=O)O. The molecule has 84 valence electrons. The molecule has 0 aromatic heterocycles. The van der Waals surface area contributed by atoms with Gasteiger partial charge in [0.25, 0.3) is 0 Å². The Hall–Kier alpha value is -1.70. The largest absolute Gasteiger partial charge is 0.480 e. The number of carboxylic acid groups (broad SMARTS) is 1. The molecule has 15 heavy (non-hydrogen) atoms. The zero-order chi connectivity index (χ0) is 11.7. The number of rotatable bonds is 6. The van der Waals surface area contributed by atoms with Crippen LogP contribution >= 0.6 is 0 Å². The smallest absolute Gasteiger partial charge is 0.326 e. The fourth-order valence-electron chi connectivity index (χ4n) is 1.00. The van der Waals surface area contributed by atoms with Crippen LogP contribution in [0.3, 0.4) is 0 Å². The zero-order valence-corrected chi connectivity index (χ0v) is 8.75. The number of carbonyl (C=O) groups is 2. The molecule has 0 bridgehead atoms. The summed E-state index contributed by atoms with van der Waals surface area (Å²) in [5.74, 6) is 1.34. The fraction of sp³-hybridized carbons (Fsp3) is 0.600. The lowest BCUT2D eigenvalue weighted by Crippen LogP contribution is -2.46. The lowest BCUT2D eigenvalue weighted by atomic mass is 10.2. The lowest BCUT2D eigenvalue weighted by Gasteiger charge is -2.13. The molecule has 5 nitrogen and oxygen atoms in total. The maximum absolute atomic E-state index is 11.2. The first-order valence-electron chi connectivity index (χ1n) is 4.82. The number of carbonyl (C=O) groups excluding carboxylic acids is 1. The molecule has 0 spiro atoms. The summed E-state index contributed by atoms with van der Waals surface area (Å²) in [5.41, 5.74) is 0. The first-order valence-corrected chi connectivity index (χ1v) is 4.82. The molecular formula is C10H16N2O3. The van der Waals surface area contributed by atoms with E-state index in [1.165, 1.54) is 0 Å². The van der Waals surface area contributed by atoms with Gasteiger partial charge >= 0.3 is 12.0 Å². The highest BCUT2D eigenvalue weighted by Gasteiger charge is 2.17. The summed E-state index contributed by atoms with van der Waals surface area (Å²) in [5, 5.41) is 13.6. The van der Waals surface area contributed by atoms with Crippen LogP contribution in [0.1, 0.15) is 26.2 Å². The molecule has 0 radical (unpaired) electrons. The van der Waals surface area contributed by atoms with Gasteiger partial charge in [0.2, 0.25) is 0 Å². The molecular weight excluding hydrogens is 196 g/mol. The maximum Gasteiger partial charge on any atom is 0.326 e. The number of hydrogen-bond donors (Lipinski definition) is 3. The van der Waals surface area contributed by atoms with Gasteiger partial charge < -0.3 is 15.7 Å². The van der Waals surface area contributed by atoms with Crippen molar-refractivity contribution in [3.8, 4) is 12.3 Å². The minimum absolute atomic E-state index is 0.348. The number of terminal acetylenes is 1. The Bertz CT molecular complexity index is 258.